The minimum atomic E-state index is -3.66. The molecule has 13 nitrogen and oxygen atoms in total. The predicted molar refractivity (Wildman–Crippen MR) is 175 cm³/mol. The lowest BCUT2D eigenvalue weighted by Gasteiger charge is -2.37. The molecular formula is C32H44N4O9S2. The quantitative estimate of drug-likeness (QED) is 0.246. The highest BCUT2D eigenvalue weighted by Gasteiger charge is 2.52. The summed E-state index contributed by atoms with van der Waals surface area (Å²) < 4.78 is 56.0. The summed E-state index contributed by atoms with van der Waals surface area (Å²) in [6.45, 7) is 3.45. The fourth-order valence-electron chi connectivity index (χ4n) is 5.99. The van der Waals surface area contributed by atoms with E-state index >= 15 is 0 Å². The second-order valence-electron chi connectivity index (χ2n) is 12.2. The van der Waals surface area contributed by atoms with Gasteiger partial charge < -0.3 is 20.3 Å². The van der Waals surface area contributed by atoms with Gasteiger partial charge in [-0.25, -0.2) is 18.0 Å². The van der Waals surface area contributed by atoms with Gasteiger partial charge in [0.2, 0.25) is 0 Å². The third-order valence-corrected chi connectivity index (χ3v) is 10.7. The van der Waals surface area contributed by atoms with Gasteiger partial charge in [0.25, 0.3) is 16.0 Å². The second-order valence-corrected chi connectivity index (χ2v) is 16.0. The Bertz CT molecular complexity index is 1600. The van der Waals surface area contributed by atoms with Crippen LogP contribution in [0, 0.1) is 0 Å². The molecule has 2 aliphatic heterocycles. The van der Waals surface area contributed by atoms with Crippen molar-refractivity contribution in [2.24, 2.45) is 0 Å². The van der Waals surface area contributed by atoms with Crippen molar-refractivity contribution in [1.29, 1.82) is 0 Å². The van der Waals surface area contributed by atoms with Gasteiger partial charge in [-0.3, -0.25) is 14.2 Å². The number of alkyl carbamates (subject to hydrolysis) is 1. The van der Waals surface area contributed by atoms with E-state index in [2.05, 4.69) is 15.5 Å². The highest BCUT2D eigenvalue weighted by Crippen LogP contribution is 2.31. The highest BCUT2D eigenvalue weighted by atomic mass is 32.2. The largest absolute Gasteiger partial charge is 0.446 e. The number of ether oxygens (including phenoxy) is 1. The number of nitrogens with zero attached hydrogens (tertiary/aromatic N) is 2. The number of sulfone groups is 1. The third kappa shape index (κ3) is 10.2. The van der Waals surface area contributed by atoms with Crippen molar-refractivity contribution >= 4 is 38.0 Å². The highest BCUT2D eigenvalue weighted by molar-refractivity contribution is 7.90. The Labute approximate surface area is 276 Å². The van der Waals surface area contributed by atoms with E-state index < -0.39 is 31.5 Å². The molecule has 1 saturated carbocycles. The number of imide groups is 1. The molecule has 3 aliphatic rings. The SMILES string of the molecule is CCS(=O)(=O)O.CS(=O)(=O)c1ccc(CN2C(=O)NC3(CCN(CC[C@H](NC(=O)OC4CCCC4)c4ccccc4)CC3)C2=O)cc1. The molecule has 0 radical (unpaired) electrons. The number of rotatable bonds is 10. The van der Waals surface area contributed by atoms with Gasteiger partial charge in [0.1, 0.15) is 11.6 Å². The molecule has 1 spiro atoms. The molecule has 4 amide bonds. The number of hydrogen-bond acceptors (Lipinski definition) is 9. The van der Waals surface area contributed by atoms with Crippen molar-refractivity contribution in [3.8, 4) is 0 Å². The summed E-state index contributed by atoms with van der Waals surface area (Å²) >= 11 is 0. The Morgan fingerprint density at radius 1 is 1.02 bits per heavy atom. The fourth-order valence-corrected chi connectivity index (χ4v) is 6.63. The van der Waals surface area contributed by atoms with Gasteiger partial charge in [0.05, 0.1) is 23.2 Å². The first-order chi connectivity index (χ1) is 22.2. The first kappa shape index (κ1) is 36.3. The van der Waals surface area contributed by atoms with Crippen LogP contribution in [-0.4, -0.2) is 92.5 Å². The van der Waals surface area contributed by atoms with E-state index in [9.17, 15) is 31.2 Å². The van der Waals surface area contributed by atoms with Gasteiger partial charge in [-0.15, -0.1) is 0 Å². The van der Waals surface area contributed by atoms with Crippen LogP contribution in [0.2, 0.25) is 0 Å². The molecule has 15 heteroatoms. The summed E-state index contributed by atoms with van der Waals surface area (Å²) in [5, 5.41) is 6.00. The lowest BCUT2D eigenvalue weighted by Crippen LogP contribution is -2.55. The zero-order valence-electron chi connectivity index (χ0n) is 26.8. The van der Waals surface area contributed by atoms with Crippen LogP contribution in [-0.2, 0) is 36.0 Å². The van der Waals surface area contributed by atoms with E-state index in [4.69, 9.17) is 9.29 Å². The monoisotopic (exact) mass is 692 g/mol. The maximum Gasteiger partial charge on any atom is 0.407 e. The summed E-state index contributed by atoms with van der Waals surface area (Å²) in [4.78, 5) is 42.5. The average Bonchev–Trinajstić information content (AvgIpc) is 3.62. The maximum absolute atomic E-state index is 13.4. The number of piperidine rings is 1. The van der Waals surface area contributed by atoms with Gasteiger partial charge in [-0.2, -0.15) is 8.42 Å². The smallest absolute Gasteiger partial charge is 0.407 e. The number of carbonyl (C=O) groups excluding carboxylic acids is 3. The number of likely N-dealkylation sites (tertiary alicyclic amines) is 1. The van der Waals surface area contributed by atoms with Crippen LogP contribution in [0.15, 0.2) is 59.5 Å². The topological polar surface area (TPSA) is 179 Å². The van der Waals surface area contributed by atoms with Crippen LogP contribution in [0.25, 0.3) is 0 Å². The summed E-state index contributed by atoms with van der Waals surface area (Å²) in [7, 11) is -6.99. The first-order valence-electron chi connectivity index (χ1n) is 15.8. The Hall–Kier alpha value is -3.53. The third-order valence-electron chi connectivity index (χ3n) is 8.82. The summed E-state index contributed by atoms with van der Waals surface area (Å²) in [6.07, 6.45) is 6.45. The van der Waals surface area contributed by atoms with Crippen molar-refractivity contribution in [3.63, 3.8) is 0 Å². The van der Waals surface area contributed by atoms with E-state index in [0.717, 1.165) is 44.0 Å². The zero-order valence-corrected chi connectivity index (χ0v) is 28.4. The van der Waals surface area contributed by atoms with Crippen molar-refractivity contribution in [1.82, 2.24) is 20.4 Å². The molecule has 5 rings (SSSR count). The van der Waals surface area contributed by atoms with Crippen LogP contribution in [0.4, 0.5) is 9.59 Å². The number of amides is 4. The molecule has 1 aliphatic carbocycles. The standard InChI is InChI=1S/C30H38N4O6S.C2H6O3S/c1-41(38,39)25-13-11-22(12-14-25)21-34-27(35)30(32-28(34)36)16-19-33(20-17-30)18-15-26(23-7-3-2-4-8-23)31-29(37)40-24-9-5-6-10-24;1-2-6(3,4)5/h2-4,7-8,11-14,24,26H,5-6,9-10,15-21H2,1H3,(H,31,37)(H,32,36);2H2,1H3,(H,3,4,5)/t26-;/m0./s1. The summed E-state index contributed by atoms with van der Waals surface area (Å²) in [6, 6.07) is 15.5. The van der Waals surface area contributed by atoms with Crippen molar-refractivity contribution in [2.75, 3.05) is 31.6 Å². The Kier molecular flexibility index (Phi) is 12.0. The lowest BCUT2D eigenvalue weighted by atomic mass is 9.87. The fraction of sp³-hybridized carbons (Fsp3) is 0.531. The van der Waals surface area contributed by atoms with E-state index in [0.29, 0.717) is 37.9 Å². The van der Waals surface area contributed by atoms with Crippen molar-refractivity contribution < 1.29 is 40.5 Å². The molecular weight excluding hydrogens is 649 g/mol. The lowest BCUT2D eigenvalue weighted by molar-refractivity contribution is -0.133. The van der Waals surface area contributed by atoms with Crippen LogP contribution >= 0.6 is 0 Å². The van der Waals surface area contributed by atoms with Crippen LogP contribution in [0.5, 0.6) is 0 Å². The van der Waals surface area contributed by atoms with Gasteiger partial charge >= 0.3 is 12.1 Å². The van der Waals surface area contributed by atoms with Gasteiger partial charge in [-0.05, 0) is 75.1 Å². The molecule has 3 N–H and O–H groups in total. The molecule has 3 fully saturated rings. The zero-order chi connectivity index (χ0) is 34.2. The summed E-state index contributed by atoms with van der Waals surface area (Å²) in [5.41, 5.74) is 0.770. The minimum absolute atomic E-state index is 0.00437. The van der Waals surface area contributed by atoms with E-state index in [-0.39, 0.29) is 41.3 Å². The van der Waals surface area contributed by atoms with Crippen LogP contribution in [0.3, 0.4) is 0 Å². The first-order valence-corrected chi connectivity index (χ1v) is 19.3. The Balaban J connectivity index is 0.000000762. The normalized spacial score (nSPS) is 19.2. The minimum Gasteiger partial charge on any atom is -0.446 e. The van der Waals surface area contributed by atoms with Crippen LogP contribution < -0.4 is 10.6 Å². The molecule has 47 heavy (non-hydrogen) atoms. The van der Waals surface area contributed by atoms with Gasteiger partial charge in [-0.1, -0.05) is 42.5 Å². The number of carbonyl (C=O) groups is 3. The van der Waals surface area contributed by atoms with E-state index in [1.807, 2.05) is 30.3 Å². The van der Waals surface area contributed by atoms with Gasteiger partial charge in [0.15, 0.2) is 9.84 Å². The average molecular weight is 693 g/mol. The number of nitrogens with one attached hydrogen (secondary N) is 2. The second kappa shape index (κ2) is 15.6. The maximum atomic E-state index is 13.4. The molecule has 0 unspecified atom stereocenters. The molecule has 2 aromatic carbocycles. The molecule has 0 bridgehead atoms. The number of hydrogen-bond donors (Lipinski definition) is 3. The Morgan fingerprint density at radius 3 is 2.17 bits per heavy atom. The summed E-state index contributed by atoms with van der Waals surface area (Å²) in [5.74, 6) is -0.444. The number of benzene rings is 2. The van der Waals surface area contributed by atoms with Crippen molar-refractivity contribution in [3.05, 3.63) is 65.7 Å². The Morgan fingerprint density at radius 2 is 1.62 bits per heavy atom. The molecule has 2 saturated heterocycles. The number of urea groups is 1. The molecule has 2 heterocycles. The molecule has 2 aromatic rings. The predicted octanol–water partition coefficient (Wildman–Crippen LogP) is 3.67. The molecule has 0 aromatic heterocycles. The molecule has 1 atom stereocenters. The van der Waals surface area contributed by atoms with Crippen LogP contribution in [0.1, 0.15) is 69.0 Å². The van der Waals surface area contributed by atoms with E-state index in [1.165, 1.54) is 24.0 Å². The molecule has 258 valence electrons. The van der Waals surface area contributed by atoms with E-state index in [1.54, 1.807) is 12.1 Å². The van der Waals surface area contributed by atoms with Gasteiger partial charge in [0, 0.05) is 25.9 Å². The van der Waals surface area contributed by atoms with Crippen molar-refractivity contribution in [2.45, 2.75) is 81.0 Å².